The van der Waals surface area contributed by atoms with Crippen molar-refractivity contribution in [2.75, 3.05) is 13.7 Å². The number of ether oxygens (including phenoxy) is 2. The molecule has 0 fully saturated rings. The zero-order chi connectivity index (χ0) is 15.5. The van der Waals surface area contributed by atoms with Crippen LogP contribution >= 0.6 is 0 Å². The van der Waals surface area contributed by atoms with Crippen molar-refractivity contribution in [1.82, 2.24) is 15.1 Å². The number of methoxy groups -OCH3 is 1. The summed E-state index contributed by atoms with van der Waals surface area (Å²) in [5.74, 6) is 1.93. The number of hydrogen-bond donors (Lipinski definition) is 1. The van der Waals surface area contributed by atoms with Crippen LogP contribution in [-0.2, 0) is 26.4 Å². The molecule has 22 heavy (non-hydrogen) atoms. The van der Waals surface area contributed by atoms with Gasteiger partial charge in [-0.3, -0.25) is 4.68 Å². The van der Waals surface area contributed by atoms with Crippen molar-refractivity contribution in [3.63, 3.8) is 0 Å². The third-order valence-electron chi connectivity index (χ3n) is 3.96. The van der Waals surface area contributed by atoms with Gasteiger partial charge >= 0.3 is 0 Å². The van der Waals surface area contributed by atoms with Crippen LogP contribution in [0.5, 0.6) is 11.5 Å². The Morgan fingerprint density at radius 3 is 3.05 bits per heavy atom. The molecule has 1 aliphatic rings. The lowest BCUT2D eigenvalue weighted by Gasteiger charge is -2.12. The molecule has 1 aliphatic heterocycles. The summed E-state index contributed by atoms with van der Waals surface area (Å²) in [5, 5.41) is 7.64. The Kier molecular flexibility index (Phi) is 4.34. The first-order valence-electron chi connectivity index (χ1n) is 7.70. The fourth-order valence-electron chi connectivity index (χ4n) is 2.87. The highest BCUT2D eigenvalue weighted by atomic mass is 16.5. The van der Waals surface area contributed by atoms with E-state index in [-0.39, 0.29) is 6.10 Å². The van der Waals surface area contributed by atoms with E-state index in [1.165, 1.54) is 11.1 Å². The number of nitrogens with zero attached hydrogens (tertiary/aromatic N) is 2. The number of aromatic nitrogens is 2. The molecule has 1 N–H and O–H groups in total. The molecule has 0 aliphatic carbocycles. The van der Waals surface area contributed by atoms with Crippen LogP contribution in [-0.4, -0.2) is 29.5 Å². The molecule has 0 radical (unpaired) electrons. The highest BCUT2D eigenvalue weighted by Crippen LogP contribution is 2.34. The summed E-state index contributed by atoms with van der Waals surface area (Å²) < 4.78 is 13.2. The van der Waals surface area contributed by atoms with E-state index < -0.39 is 0 Å². The van der Waals surface area contributed by atoms with Crippen LogP contribution in [0.15, 0.2) is 24.5 Å². The minimum atomic E-state index is 0.258. The van der Waals surface area contributed by atoms with E-state index in [9.17, 15) is 0 Å². The zero-order valence-electron chi connectivity index (χ0n) is 13.4. The molecule has 0 amide bonds. The largest absolute Gasteiger partial charge is 0.496 e. The van der Waals surface area contributed by atoms with Gasteiger partial charge < -0.3 is 14.8 Å². The Morgan fingerprint density at radius 1 is 1.45 bits per heavy atom. The highest BCUT2D eigenvalue weighted by Gasteiger charge is 2.21. The van der Waals surface area contributed by atoms with Gasteiger partial charge in [0, 0.05) is 37.3 Å². The second kappa shape index (κ2) is 6.40. The zero-order valence-corrected chi connectivity index (χ0v) is 13.4. The van der Waals surface area contributed by atoms with Gasteiger partial charge in [-0.05, 0) is 37.6 Å². The van der Waals surface area contributed by atoms with Crippen LogP contribution in [0.25, 0.3) is 0 Å². The molecule has 5 heteroatoms. The minimum Gasteiger partial charge on any atom is -0.496 e. The summed E-state index contributed by atoms with van der Waals surface area (Å²) in [6, 6.07) is 4.21. The second-order valence-corrected chi connectivity index (χ2v) is 5.85. The average Bonchev–Trinajstić information content (AvgIpc) is 3.06. The summed E-state index contributed by atoms with van der Waals surface area (Å²) in [5.41, 5.74) is 3.62. The average molecular weight is 301 g/mol. The third-order valence-corrected chi connectivity index (χ3v) is 3.96. The number of hydrogen-bond acceptors (Lipinski definition) is 4. The Labute approximate surface area is 131 Å². The Balaban J connectivity index is 1.59. The Hall–Kier alpha value is -2.01. The molecule has 3 rings (SSSR count). The van der Waals surface area contributed by atoms with Gasteiger partial charge in [0.25, 0.3) is 0 Å². The standard InChI is InChI=1S/C17H23N3O2/c1-12-6-14-7-16(21-3)15(8-17(14)22-12)10-18-5-4-13-9-19-20(2)11-13/h7-9,11-12,18H,4-6,10H2,1-3H3/t12-/m1/s1. The minimum absolute atomic E-state index is 0.258. The molecular formula is C17H23N3O2. The van der Waals surface area contributed by atoms with Crippen molar-refractivity contribution in [3.8, 4) is 11.5 Å². The molecule has 2 heterocycles. The van der Waals surface area contributed by atoms with E-state index in [2.05, 4.69) is 29.5 Å². The first kappa shape index (κ1) is 14.9. The van der Waals surface area contributed by atoms with Gasteiger partial charge in [-0.15, -0.1) is 0 Å². The molecule has 1 aromatic carbocycles. The maximum atomic E-state index is 5.83. The van der Waals surface area contributed by atoms with Crippen molar-refractivity contribution in [1.29, 1.82) is 0 Å². The van der Waals surface area contributed by atoms with Gasteiger partial charge in [0.15, 0.2) is 0 Å². The number of nitrogens with one attached hydrogen (secondary N) is 1. The lowest BCUT2D eigenvalue weighted by molar-refractivity contribution is 0.254. The molecule has 2 aromatic rings. The van der Waals surface area contributed by atoms with Gasteiger partial charge in [0.05, 0.1) is 13.3 Å². The van der Waals surface area contributed by atoms with E-state index in [1.54, 1.807) is 7.11 Å². The van der Waals surface area contributed by atoms with Crippen molar-refractivity contribution in [2.24, 2.45) is 7.05 Å². The Bertz CT molecular complexity index is 651. The van der Waals surface area contributed by atoms with Crippen molar-refractivity contribution >= 4 is 0 Å². The lowest BCUT2D eigenvalue weighted by Crippen LogP contribution is -2.17. The smallest absolute Gasteiger partial charge is 0.123 e. The summed E-state index contributed by atoms with van der Waals surface area (Å²) in [6.07, 6.45) is 6.14. The van der Waals surface area contributed by atoms with E-state index >= 15 is 0 Å². The summed E-state index contributed by atoms with van der Waals surface area (Å²) in [4.78, 5) is 0. The molecule has 118 valence electrons. The van der Waals surface area contributed by atoms with Gasteiger partial charge in [0.1, 0.15) is 17.6 Å². The first-order chi connectivity index (χ1) is 10.7. The number of fused-ring (bicyclic) bond motifs is 1. The van der Waals surface area contributed by atoms with Gasteiger partial charge in [0.2, 0.25) is 0 Å². The molecule has 0 bridgehead atoms. The van der Waals surface area contributed by atoms with Gasteiger partial charge in [-0.25, -0.2) is 0 Å². The van der Waals surface area contributed by atoms with E-state index in [1.807, 2.05) is 24.1 Å². The fraction of sp³-hybridized carbons (Fsp3) is 0.471. The molecule has 1 atom stereocenters. The van der Waals surface area contributed by atoms with E-state index in [0.29, 0.717) is 0 Å². The molecular weight excluding hydrogens is 278 g/mol. The van der Waals surface area contributed by atoms with Crippen LogP contribution in [0.3, 0.4) is 0 Å². The second-order valence-electron chi connectivity index (χ2n) is 5.85. The van der Waals surface area contributed by atoms with Crippen molar-refractivity contribution < 1.29 is 9.47 Å². The highest BCUT2D eigenvalue weighted by molar-refractivity contribution is 5.48. The summed E-state index contributed by atoms with van der Waals surface area (Å²) in [7, 11) is 3.66. The van der Waals surface area contributed by atoms with Crippen LogP contribution in [0.2, 0.25) is 0 Å². The fourth-order valence-corrected chi connectivity index (χ4v) is 2.87. The van der Waals surface area contributed by atoms with Crippen molar-refractivity contribution in [2.45, 2.75) is 32.4 Å². The monoisotopic (exact) mass is 301 g/mol. The quantitative estimate of drug-likeness (QED) is 0.830. The Morgan fingerprint density at radius 2 is 2.32 bits per heavy atom. The summed E-state index contributed by atoms with van der Waals surface area (Å²) in [6.45, 7) is 3.77. The number of benzene rings is 1. The molecule has 0 saturated carbocycles. The molecule has 5 nitrogen and oxygen atoms in total. The third kappa shape index (κ3) is 3.25. The maximum absolute atomic E-state index is 5.83. The van der Waals surface area contributed by atoms with E-state index in [0.717, 1.165) is 43.0 Å². The molecule has 1 aromatic heterocycles. The predicted molar refractivity (Wildman–Crippen MR) is 85.4 cm³/mol. The van der Waals surface area contributed by atoms with Crippen LogP contribution in [0.4, 0.5) is 0 Å². The van der Waals surface area contributed by atoms with Crippen LogP contribution in [0.1, 0.15) is 23.6 Å². The van der Waals surface area contributed by atoms with Crippen molar-refractivity contribution in [3.05, 3.63) is 41.2 Å². The van der Waals surface area contributed by atoms with Crippen LogP contribution in [0, 0.1) is 0 Å². The molecule has 0 spiro atoms. The van der Waals surface area contributed by atoms with Crippen LogP contribution < -0.4 is 14.8 Å². The number of aryl methyl sites for hydroxylation is 1. The SMILES string of the molecule is COc1cc2c(cc1CNCCc1cnn(C)c1)O[C@H](C)C2. The summed E-state index contributed by atoms with van der Waals surface area (Å²) >= 11 is 0. The van der Waals surface area contributed by atoms with Gasteiger partial charge in [-0.1, -0.05) is 0 Å². The first-order valence-corrected chi connectivity index (χ1v) is 7.70. The van der Waals surface area contributed by atoms with E-state index in [4.69, 9.17) is 9.47 Å². The topological polar surface area (TPSA) is 48.3 Å². The molecule has 0 saturated heterocycles. The maximum Gasteiger partial charge on any atom is 0.123 e. The lowest BCUT2D eigenvalue weighted by atomic mass is 10.1. The normalized spacial score (nSPS) is 16.4. The number of rotatable bonds is 6. The van der Waals surface area contributed by atoms with Gasteiger partial charge in [-0.2, -0.15) is 5.10 Å². The predicted octanol–water partition coefficient (Wildman–Crippen LogP) is 2.08. The molecule has 0 unspecified atom stereocenters.